The molecule has 0 radical (unpaired) electrons. The smallest absolute Gasteiger partial charge is 0.211 e. The second-order valence-corrected chi connectivity index (χ2v) is 6.68. The van der Waals surface area contributed by atoms with Crippen molar-refractivity contribution in [2.24, 2.45) is 0 Å². The minimum Gasteiger partial charge on any atom is -0.439 e. The second kappa shape index (κ2) is 5.97. The molecule has 5 heteroatoms. The van der Waals surface area contributed by atoms with E-state index in [2.05, 4.69) is 58.2 Å². The van der Waals surface area contributed by atoms with Crippen LogP contribution in [-0.4, -0.2) is 11.5 Å². The first-order valence-corrected chi connectivity index (χ1v) is 7.60. The summed E-state index contributed by atoms with van der Waals surface area (Å²) in [6.45, 7) is 5.20. The van der Waals surface area contributed by atoms with Crippen molar-refractivity contribution >= 4 is 33.9 Å². The Morgan fingerprint density at radius 3 is 3.06 bits per heavy atom. The van der Waals surface area contributed by atoms with Crippen LogP contribution in [0.3, 0.4) is 0 Å². The molecule has 1 unspecified atom stereocenters. The van der Waals surface area contributed by atoms with Crippen molar-refractivity contribution < 1.29 is 4.42 Å². The van der Waals surface area contributed by atoms with Crippen molar-refractivity contribution in [3.8, 4) is 11.3 Å². The highest BCUT2D eigenvalue weighted by Crippen LogP contribution is 2.28. The molecule has 1 atom stereocenters. The Hall–Kier alpha value is -0.400. The number of nitrogens with one attached hydrogen (secondary N) is 1. The van der Waals surface area contributed by atoms with Crippen LogP contribution < -0.4 is 5.32 Å². The minimum absolute atomic E-state index is 0.168. The van der Waals surface area contributed by atoms with Gasteiger partial charge in [0.15, 0.2) is 5.76 Å². The van der Waals surface area contributed by atoms with Gasteiger partial charge < -0.3 is 9.73 Å². The van der Waals surface area contributed by atoms with Gasteiger partial charge in [-0.15, -0.1) is 11.3 Å². The number of hydrogen-bond acceptors (Lipinski definition) is 4. The first-order valence-electron chi connectivity index (χ1n) is 5.64. The Balaban J connectivity index is 2.10. The Bertz CT molecular complexity index is 480. The molecule has 1 N–H and O–H groups in total. The summed E-state index contributed by atoms with van der Waals surface area (Å²) >= 11 is 4.02. The largest absolute Gasteiger partial charge is 0.439 e. The zero-order valence-corrected chi connectivity index (χ0v) is 12.8. The fraction of sp³-hybridized carbons (Fsp3) is 0.417. The van der Waals surface area contributed by atoms with Gasteiger partial charge in [-0.1, -0.05) is 6.92 Å². The summed E-state index contributed by atoms with van der Waals surface area (Å²) in [5.74, 6) is 1.61. The highest BCUT2D eigenvalue weighted by Gasteiger charge is 2.13. The van der Waals surface area contributed by atoms with Crippen LogP contribution in [0.4, 0.5) is 0 Å². The van der Waals surface area contributed by atoms with Gasteiger partial charge >= 0.3 is 0 Å². The van der Waals surface area contributed by atoms with E-state index in [1.54, 1.807) is 17.5 Å². The molecule has 0 aliphatic carbocycles. The molecule has 2 rings (SSSR count). The summed E-state index contributed by atoms with van der Waals surface area (Å²) in [6.07, 6.45) is 2.91. The predicted molar refractivity (Wildman–Crippen MR) is 79.2 cm³/mol. The summed E-state index contributed by atoms with van der Waals surface area (Å²) in [5.41, 5.74) is 1.11. The van der Waals surface area contributed by atoms with Gasteiger partial charge in [0, 0.05) is 10.9 Å². The molecule has 17 heavy (non-hydrogen) atoms. The van der Waals surface area contributed by atoms with Crippen LogP contribution >= 0.6 is 33.9 Å². The molecule has 3 nitrogen and oxygen atoms in total. The summed E-state index contributed by atoms with van der Waals surface area (Å²) in [5, 5.41) is 5.46. The third kappa shape index (κ3) is 3.29. The third-order valence-electron chi connectivity index (χ3n) is 2.45. The third-order valence-corrected chi connectivity index (χ3v) is 4.24. The summed E-state index contributed by atoms with van der Waals surface area (Å²) in [7, 11) is 0. The Labute approximate surface area is 119 Å². The van der Waals surface area contributed by atoms with Crippen LogP contribution in [0.2, 0.25) is 0 Å². The standard InChI is InChI=1S/C12H15IN2OS/c1-3-4-14-8(2)12-15-6-10(16-12)9-5-11(13)17-7-9/h5-8,14H,3-4H2,1-2H3. The van der Waals surface area contributed by atoms with Gasteiger partial charge in [-0.25, -0.2) is 4.98 Å². The number of rotatable bonds is 5. The lowest BCUT2D eigenvalue weighted by molar-refractivity contribution is 0.423. The maximum absolute atomic E-state index is 5.77. The number of halogens is 1. The molecule has 2 heterocycles. The van der Waals surface area contributed by atoms with E-state index in [0.29, 0.717) is 0 Å². The highest BCUT2D eigenvalue weighted by molar-refractivity contribution is 14.1. The Morgan fingerprint density at radius 1 is 1.59 bits per heavy atom. The monoisotopic (exact) mass is 362 g/mol. The fourth-order valence-corrected chi connectivity index (χ4v) is 2.84. The van der Waals surface area contributed by atoms with Crippen LogP contribution in [0.5, 0.6) is 0 Å². The van der Waals surface area contributed by atoms with Crippen molar-refractivity contribution in [1.29, 1.82) is 0 Å². The molecule has 0 bridgehead atoms. The highest BCUT2D eigenvalue weighted by atomic mass is 127. The molecule has 0 aromatic carbocycles. The van der Waals surface area contributed by atoms with Gasteiger partial charge in [0.1, 0.15) is 0 Å². The van der Waals surface area contributed by atoms with Gasteiger partial charge in [-0.2, -0.15) is 0 Å². The first-order chi connectivity index (χ1) is 8.20. The molecule has 0 amide bonds. The second-order valence-electron chi connectivity index (χ2n) is 3.88. The number of aromatic nitrogens is 1. The summed E-state index contributed by atoms with van der Waals surface area (Å²) in [6, 6.07) is 2.28. The number of thiophene rings is 1. The topological polar surface area (TPSA) is 38.1 Å². The van der Waals surface area contributed by atoms with Crippen molar-refractivity contribution in [2.75, 3.05) is 6.54 Å². The molecule has 0 aliphatic rings. The average Bonchev–Trinajstić information content (AvgIpc) is 2.93. The molecule has 0 saturated heterocycles. The lowest BCUT2D eigenvalue weighted by Crippen LogP contribution is -2.19. The van der Waals surface area contributed by atoms with E-state index in [1.165, 1.54) is 2.88 Å². The average molecular weight is 362 g/mol. The Kier molecular flexibility index (Phi) is 4.58. The molecular weight excluding hydrogens is 347 g/mol. The van der Waals surface area contributed by atoms with E-state index in [1.807, 2.05) is 0 Å². The molecule has 2 aromatic rings. The van der Waals surface area contributed by atoms with Crippen LogP contribution in [0, 0.1) is 2.88 Å². The molecule has 2 aromatic heterocycles. The molecule has 0 spiro atoms. The molecule has 92 valence electrons. The van der Waals surface area contributed by atoms with Crippen LogP contribution in [-0.2, 0) is 0 Å². The van der Waals surface area contributed by atoms with E-state index in [-0.39, 0.29) is 6.04 Å². The molecule has 0 saturated carbocycles. The predicted octanol–water partition coefficient (Wildman–Crippen LogP) is 4.07. The van der Waals surface area contributed by atoms with Crippen LogP contribution in [0.1, 0.15) is 32.2 Å². The fourth-order valence-electron chi connectivity index (χ4n) is 1.51. The van der Waals surface area contributed by atoms with E-state index >= 15 is 0 Å². The lowest BCUT2D eigenvalue weighted by Gasteiger charge is -2.08. The van der Waals surface area contributed by atoms with Gasteiger partial charge in [0.25, 0.3) is 0 Å². The minimum atomic E-state index is 0.168. The van der Waals surface area contributed by atoms with E-state index < -0.39 is 0 Å². The van der Waals surface area contributed by atoms with Crippen molar-refractivity contribution in [2.45, 2.75) is 26.3 Å². The summed E-state index contributed by atoms with van der Waals surface area (Å²) in [4.78, 5) is 4.33. The Morgan fingerprint density at radius 2 is 2.41 bits per heavy atom. The maximum atomic E-state index is 5.77. The van der Waals surface area contributed by atoms with Gasteiger partial charge in [-0.05, 0) is 48.5 Å². The summed E-state index contributed by atoms with van der Waals surface area (Å²) < 4.78 is 7.03. The molecule has 0 aliphatic heterocycles. The zero-order chi connectivity index (χ0) is 12.3. The molecule has 0 fully saturated rings. The lowest BCUT2D eigenvalue weighted by atomic mass is 10.3. The number of oxazole rings is 1. The quantitative estimate of drug-likeness (QED) is 0.815. The van der Waals surface area contributed by atoms with E-state index in [0.717, 1.165) is 30.2 Å². The van der Waals surface area contributed by atoms with Gasteiger partial charge in [0.05, 0.1) is 15.1 Å². The zero-order valence-electron chi connectivity index (χ0n) is 9.87. The van der Waals surface area contributed by atoms with Crippen molar-refractivity contribution in [3.05, 3.63) is 26.4 Å². The maximum Gasteiger partial charge on any atom is 0.211 e. The van der Waals surface area contributed by atoms with Gasteiger partial charge in [0.2, 0.25) is 5.89 Å². The normalized spacial score (nSPS) is 12.9. The van der Waals surface area contributed by atoms with Crippen molar-refractivity contribution in [1.82, 2.24) is 10.3 Å². The number of nitrogens with zero attached hydrogens (tertiary/aromatic N) is 1. The van der Waals surface area contributed by atoms with Crippen LogP contribution in [0.25, 0.3) is 11.3 Å². The molecular formula is C12H15IN2OS. The van der Waals surface area contributed by atoms with E-state index in [9.17, 15) is 0 Å². The van der Waals surface area contributed by atoms with Crippen molar-refractivity contribution in [3.63, 3.8) is 0 Å². The SMILES string of the molecule is CCCNC(C)c1ncc(-c2csc(I)c2)o1. The number of hydrogen-bond donors (Lipinski definition) is 1. The van der Waals surface area contributed by atoms with E-state index in [4.69, 9.17) is 4.42 Å². The first kappa shape index (κ1) is 13.0. The van der Waals surface area contributed by atoms with Crippen LogP contribution in [0.15, 0.2) is 22.1 Å². The van der Waals surface area contributed by atoms with Gasteiger partial charge in [-0.3, -0.25) is 0 Å².